The number of rotatable bonds is 8. The SMILES string of the molecule is CC(Sc1cc(Cl)ccc1Cl)C(=O)N[C@@H]1C(=O)N2C(C(=O)O)=C(/C=C3\CCN(CC4CC4)C3=O)CS[C@H]12. The quantitative estimate of drug-likeness (QED) is 0.273. The van der Waals surface area contributed by atoms with Gasteiger partial charge >= 0.3 is 5.97 Å². The van der Waals surface area contributed by atoms with Crippen LogP contribution in [-0.2, 0) is 19.2 Å². The average Bonchev–Trinajstić information content (AvgIpc) is 3.62. The summed E-state index contributed by atoms with van der Waals surface area (Å²) in [6.45, 7) is 3.09. The molecular weight excluding hydrogens is 557 g/mol. The monoisotopic (exact) mass is 581 g/mol. The van der Waals surface area contributed by atoms with Gasteiger partial charge in [-0.3, -0.25) is 19.3 Å². The summed E-state index contributed by atoms with van der Waals surface area (Å²) in [5.74, 6) is -1.22. The van der Waals surface area contributed by atoms with Crippen LogP contribution in [0.4, 0.5) is 0 Å². The molecule has 3 amide bonds. The van der Waals surface area contributed by atoms with Crippen molar-refractivity contribution in [2.24, 2.45) is 5.92 Å². The van der Waals surface area contributed by atoms with E-state index in [1.807, 2.05) is 4.90 Å². The van der Waals surface area contributed by atoms with E-state index in [1.165, 1.54) is 28.4 Å². The van der Waals surface area contributed by atoms with Gasteiger partial charge in [0.2, 0.25) is 11.8 Å². The number of carbonyl (C=O) groups excluding carboxylic acids is 3. The molecule has 37 heavy (non-hydrogen) atoms. The van der Waals surface area contributed by atoms with Gasteiger partial charge in [0.1, 0.15) is 17.1 Å². The second-order valence-corrected chi connectivity index (χ2v) is 12.9. The lowest BCUT2D eigenvalue weighted by atomic mass is 10.0. The number of fused-ring (bicyclic) bond motifs is 1. The van der Waals surface area contributed by atoms with Gasteiger partial charge in [0.15, 0.2) is 0 Å². The van der Waals surface area contributed by atoms with Crippen molar-refractivity contribution in [3.8, 4) is 0 Å². The Labute approximate surface area is 232 Å². The van der Waals surface area contributed by atoms with Crippen LogP contribution in [0, 0.1) is 5.92 Å². The van der Waals surface area contributed by atoms with Gasteiger partial charge in [0.05, 0.1) is 10.3 Å². The molecule has 4 aliphatic rings. The molecule has 1 saturated carbocycles. The Balaban J connectivity index is 1.27. The minimum absolute atomic E-state index is 0.0531. The Kier molecular flexibility index (Phi) is 7.55. The molecule has 1 aliphatic carbocycles. The predicted octanol–water partition coefficient (Wildman–Crippen LogP) is 3.78. The average molecular weight is 583 g/mol. The number of allylic oxidation sites excluding steroid dienone is 1. The number of halogens is 2. The van der Waals surface area contributed by atoms with E-state index in [-0.39, 0.29) is 17.5 Å². The minimum Gasteiger partial charge on any atom is -0.477 e. The van der Waals surface area contributed by atoms with E-state index in [1.54, 1.807) is 31.2 Å². The summed E-state index contributed by atoms with van der Waals surface area (Å²) < 4.78 is 0. The van der Waals surface area contributed by atoms with Crippen molar-refractivity contribution in [1.82, 2.24) is 15.1 Å². The van der Waals surface area contributed by atoms with E-state index >= 15 is 0 Å². The van der Waals surface area contributed by atoms with E-state index < -0.39 is 28.5 Å². The lowest BCUT2D eigenvalue weighted by Gasteiger charge is -2.49. The number of carboxylic acids is 1. The highest BCUT2D eigenvalue weighted by molar-refractivity contribution is 8.00. The fraction of sp³-hybridized carbons (Fsp3) is 0.440. The van der Waals surface area contributed by atoms with Crippen molar-refractivity contribution >= 4 is 70.4 Å². The molecule has 1 aromatic carbocycles. The molecule has 1 unspecified atom stereocenters. The summed E-state index contributed by atoms with van der Waals surface area (Å²) in [5, 5.41) is 12.6. The van der Waals surface area contributed by atoms with Crippen molar-refractivity contribution < 1.29 is 24.3 Å². The normalized spacial score (nSPS) is 25.3. The van der Waals surface area contributed by atoms with Gasteiger partial charge in [0.25, 0.3) is 5.91 Å². The van der Waals surface area contributed by atoms with E-state index in [4.69, 9.17) is 23.2 Å². The van der Waals surface area contributed by atoms with Crippen LogP contribution in [0.1, 0.15) is 26.2 Å². The Morgan fingerprint density at radius 2 is 2.05 bits per heavy atom. The van der Waals surface area contributed by atoms with Crippen LogP contribution in [0.25, 0.3) is 0 Å². The van der Waals surface area contributed by atoms with Gasteiger partial charge in [-0.25, -0.2) is 4.79 Å². The Hall–Kier alpha value is -2.14. The van der Waals surface area contributed by atoms with Crippen molar-refractivity contribution in [2.45, 2.75) is 47.7 Å². The van der Waals surface area contributed by atoms with Crippen molar-refractivity contribution in [2.75, 3.05) is 18.8 Å². The third-order valence-electron chi connectivity index (χ3n) is 6.80. The maximum Gasteiger partial charge on any atom is 0.352 e. The molecule has 196 valence electrons. The van der Waals surface area contributed by atoms with Gasteiger partial charge in [-0.15, -0.1) is 23.5 Å². The molecule has 5 rings (SSSR count). The number of hydrogen-bond acceptors (Lipinski definition) is 6. The highest BCUT2D eigenvalue weighted by atomic mass is 35.5. The van der Waals surface area contributed by atoms with Crippen LogP contribution < -0.4 is 5.32 Å². The van der Waals surface area contributed by atoms with Gasteiger partial charge in [-0.1, -0.05) is 23.2 Å². The molecule has 8 nitrogen and oxygen atoms in total. The molecule has 3 aliphatic heterocycles. The predicted molar refractivity (Wildman–Crippen MR) is 143 cm³/mol. The summed E-state index contributed by atoms with van der Waals surface area (Å²) in [6, 6.07) is 4.15. The number of likely N-dealkylation sites (tertiary alicyclic amines) is 1. The van der Waals surface area contributed by atoms with Crippen LogP contribution in [0.15, 0.2) is 46.0 Å². The zero-order valence-corrected chi connectivity index (χ0v) is 23.1. The molecule has 0 spiro atoms. The van der Waals surface area contributed by atoms with Crippen LogP contribution >= 0.6 is 46.7 Å². The smallest absolute Gasteiger partial charge is 0.352 e. The van der Waals surface area contributed by atoms with E-state index in [0.29, 0.717) is 50.7 Å². The summed E-state index contributed by atoms with van der Waals surface area (Å²) in [4.78, 5) is 54.5. The van der Waals surface area contributed by atoms with Crippen LogP contribution in [0.2, 0.25) is 10.0 Å². The summed E-state index contributed by atoms with van der Waals surface area (Å²) in [5.41, 5.74) is 0.910. The first-order valence-corrected chi connectivity index (χ1v) is 14.7. The fourth-order valence-electron chi connectivity index (χ4n) is 4.63. The molecule has 1 aromatic rings. The van der Waals surface area contributed by atoms with Gasteiger partial charge in [-0.2, -0.15) is 0 Å². The molecule has 2 N–H and O–H groups in total. The zero-order valence-electron chi connectivity index (χ0n) is 19.9. The molecule has 0 bridgehead atoms. The maximum atomic E-state index is 13.0. The van der Waals surface area contributed by atoms with Crippen molar-refractivity contribution in [1.29, 1.82) is 0 Å². The van der Waals surface area contributed by atoms with Gasteiger partial charge in [-0.05, 0) is 62.0 Å². The minimum atomic E-state index is -1.23. The number of aliphatic carboxylic acids is 1. The molecule has 3 fully saturated rings. The number of β-lactam (4-membered cyclic amide) rings is 1. The second-order valence-electron chi connectivity index (χ2n) is 9.52. The largest absolute Gasteiger partial charge is 0.477 e. The van der Waals surface area contributed by atoms with E-state index in [0.717, 1.165) is 19.4 Å². The van der Waals surface area contributed by atoms with Crippen LogP contribution in [0.3, 0.4) is 0 Å². The molecule has 0 radical (unpaired) electrons. The number of hydrogen-bond donors (Lipinski definition) is 2. The second kappa shape index (κ2) is 10.6. The summed E-state index contributed by atoms with van der Waals surface area (Å²) in [6.07, 6.45) is 4.51. The van der Waals surface area contributed by atoms with Gasteiger partial charge in [0, 0.05) is 34.3 Å². The van der Waals surface area contributed by atoms with E-state index in [9.17, 15) is 24.3 Å². The summed E-state index contributed by atoms with van der Waals surface area (Å²) in [7, 11) is 0. The number of carbonyl (C=O) groups is 4. The lowest BCUT2D eigenvalue weighted by Crippen LogP contribution is -2.71. The fourth-order valence-corrected chi connectivity index (χ4v) is 7.36. The Morgan fingerprint density at radius 1 is 1.30 bits per heavy atom. The topological polar surface area (TPSA) is 107 Å². The number of benzene rings is 1. The van der Waals surface area contributed by atoms with Gasteiger partial charge < -0.3 is 15.3 Å². The first-order chi connectivity index (χ1) is 17.6. The summed E-state index contributed by atoms with van der Waals surface area (Å²) >= 11 is 14.8. The molecule has 12 heteroatoms. The molecular formula is C25H25Cl2N3O5S2. The van der Waals surface area contributed by atoms with Crippen molar-refractivity contribution in [3.63, 3.8) is 0 Å². The number of nitrogens with one attached hydrogen (secondary N) is 1. The van der Waals surface area contributed by atoms with Crippen LogP contribution in [0.5, 0.6) is 0 Å². The number of carboxylic acid groups (broad SMARTS) is 1. The zero-order chi connectivity index (χ0) is 26.4. The van der Waals surface area contributed by atoms with E-state index in [2.05, 4.69) is 5.32 Å². The number of nitrogens with zero attached hydrogens (tertiary/aromatic N) is 2. The third-order valence-corrected chi connectivity index (χ3v) is 9.94. The molecule has 3 heterocycles. The number of thioether (sulfide) groups is 2. The Bertz CT molecular complexity index is 1250. The highest BCUT2D eigenvalue weighted by Crippen LogP contribution is 2.42. The maximum absolute atomic E-state index is 13.0. The first kappa shape index (κ1) is 26.5. The Morgan fingerprint density at radius 3 is 2.76 bits per heavy atom. The standard InChI is InChI=1S/C25H25Cl2N3O5S2/c1-12(37-18-9-16(26)4-5-17(18)27)21(31)28-19-23(33)30-20(25(34)35)15(11-36-24(19)30)8-14-6-7-29(22(14)32)10-13-2-3-13/h4-5,8-9,12-13,19,24H,2-3,6-7,10-11H2,1H3,(H,28,31)(H,34,35)/b14-8+/t12?,19-,24-/m1/s1. The molecule has 0 aromatic heterocycles. The molecule has 2 saturated heterocycles. The number of amides is 3. The molecule has 3 atom stereocenters. The first-order valence-electron chi connectivity index (χ1n) is 12.0. The third kappa shape index (κ3) is 5.39. The highest BCUT2D eigenvalue weighted by Gasteiger charge is 2.54. The van der Waals surface area contributed by atoms with Crippen molar-refractivity contribution in [3.05, 3.63) is 51.2 Å². The lowest BCUT2D eigenvalue weighted by molar-refractivity contribution is -0.150. The van der Waals surface area contributed by atoms with Crippen LogP contribution in [-0.4, -0.2) is 74.1 Å².